The first-order valence-electron chi connectivity index (χ1n) is 5.33. The van der Waals surface area contributed by atoms with Gasteiger partial charge < -0.3 is 5.73 Å². The molecule has 1 fully saturated rings. The third-order valence-electron chi connectivity index (χ3n) is 3.45. The van der Waals surface area contributed by atoms with Gasteiger partial charge in [0.1, 0.15) is 0 Å². The molecule has 0 bridgehead atoms. The number of nitrogens with two attached hydrogens (primary N) is 1. The topological polar surface area (TPSA) is 26.0 Å². The monoisotopic (exact) mass is 279 g/mol. The van der Waals surface area contributed by atoms with Crippen LogP contribution in [0.5, 0.6) is 0 Å². The molecule has 0 spiro atoms. The second kappa shape index (κ2) is 5.59. The molecular formula is C12H16Cl3N. The third kappa shape index (κ3) is 2.48. The molecule has 16 heavy (non-hydrogen) atoms. The summed E-state index contributed by atoms with van der Waals surface area (Å²) in [5.41, 5.74) is 7.13. The summed E-state index contributed by atoms with van der Waals surface area (Å²) in [6.45, 7) is 0.660. The molecule has 1 aliphatic rings. The van der Waals surface area contributed by atoms with Crippen LogP contribution in [0, 0.1) is 0 Å². The van der Waals surface area contributed by atoms with Gasteiger partial charge in [0.25, 0.3) is 0 Å². The summed E-state index contributed by atoms with van der Waals surface area (Å²) in [4.78, 5) is 0. The molecule has 1 aromatic carbocycles. The van der Waals surface area contributed by atoms with Crippen LogP contribution in [-0.2, 0) is 5.41 Å². The van der Waals surface area contributed by atoms with Crippen molar-refractivity contribution in [2.75, 3.05) is 6.54 Å². The Balaban J connectivity index is 0.00000128. The highest BCUT2D eigenvalue weighted by atomic mass is 35.5. The van der Waals surface area contributed by atoms with Crippen molar-refractivity contribution in [2.24, 2.45) is 5.73 Å². The van der Waals surface area contributed by atoms with Crippen molar-refractivity contribution in [1.29, 1.82) is 0 Å². The van der Waals surface area contributed by atoms with E-state index in [0.717, 1.165) is 28.5 Å². The number of hydrogen-bond acceptors (Lipinski definition) is 1. The summed E-state index contributed by atoms with van der Waals surface area (Å²) >= 11 is 12.2. The quantitative estimate of drug-likeness (QED) is 0.864. The molecule has 2 N–H and O–H groups in total. The summed E-state index contributed by atoms with van der Waals surface area (Å²) in [6, 6.07) is 5.67. The number of halogens is 3. The Labute approximate surface area is 113 Å². The van der Waals surface area contributed by atoms with Crippen molar-refractivity contribution in [3.8, 4) is 0 Å². The van der Waals surface area contributed by atoms with Crippen molar-refractivity contribution >= 4 is 35.6 Å². The lowest BCUT2D eigenvalue weighted by Gasteiger charge is -2.29. The summed E-state index contributed by atoms with van der Waals surface area (Å²) in [6.07, 6.45) is 4.73. The normalized spacial score (nSPS) is 18.2. The highest BCUT2D eigenvalue weighted by Crippen LogP contribution is 2.43. The van der Waals surface area contributed by atoms with Crippen molar-refractivity contribution in [3.05, 3.63) is 33.8 Å². The van der Waals surface area contributed by atoms with E-state index in [0.29, 0.717) is 6.54 Å². The summed E-state index contributed by atoms with van der Waals surface area (Å²) < 4.78 is 0. The summed E-state index contributed by atoms with van der Waals surface area (Å²) in [5, 5.41) is 1.54. The van der Waals surface area contributed by atoms with E-state index in [2.05, 4.69) is 0 Å². The van der Waals surface area contributed by atoms with Crippen LogP contribution in [0.15, 0.2) is 18.2 Å². The van der Waals surface area contributed by atoms with E-state index >= 15 is 0 Å². The van der Waals surface area contributed by atoms with Crippen LogP contribution >= 0.6 is 35.6 Å². The fourth-order valence-electron chi connectivity index (χ4n) is 2.54. The molecule has 0 aromatic heterocycles. The van der Waals surface area contributed by atoms with E-state index in [1.807, 2.05) is 18.2 Å². The predicted octanol–water partition coefficient (Wildman–Crippen LogP) is 4.19. The van der Waals surface area contributed by atoms with E-state index in [1.54, 1.807) is 0 Å². The Morgan fingerprint density at radius 3 is 2.38 bits per heavy atom. The molecule has 90 valence electrons. The standard InChI is InChI=1S/C12H15Cl2N.ClH/c13-9-3-4-11(14)10(7-9)12(8-15)5-1-2-6-12;/h3-4,7H,1-2,5-6,8,15H2;1H. The number of benzene rings is 1. The Bertz CT molecular complexity index is 359. The zero-order valence-electron chi connectivity index (χ0n) is 9.01. The van der Waals surface area contributed by atoms with Gasteiger partial charge in [-0.15, -0.1) is 12.4 Å². The molecule has 4 heteroatoms. The number of rotatable bonds is 2. The van der Waals surface area contributed by atoms with E-state index in [-0.39, 0.29) is 17.8 Å². The SMILES string of the molecule is Cl.NCC1(c2cc(Cl)ccc2Cl)CCCC1. The van der Waals surface area contributed by atoms with Crippen LogP contribution in [0.1, 0.15) is 31.2 Å². The average Bonchev–Trinajstić information content (AvgIpc) is 2.71. The van der Waals surface area contributed by atoms with Gasteiger partial charge in [-0.2, -0.15) is 0 Å². The molecule has 0 unspecified atom stereocenters. The zero-order chi connectivity index (χ0) is 10.9. The average molecular weight is 281 g/mol. The minimum atomic E-state index is 0. The van der Waals surface area contributed by atoms with E-state index in [1.165, 1.54) is 12.8 Å². The molecule has 1 saturated carbocycles. The van der Waals surface area contributed by atoms with E-state index < -0.39 is 0 Å². The van der Waals surface area contributed by atoms with Gasteiger partial charge in [0.15, 0.2) is 0 Å². The largest absolute Gasteiger partial charge is 0.330 e. The fourth-order valence-corrected chi connectivity index (χ4v) is 3.03. The molecule has 0 radical (unpaired) electrons. The zero-order valence-corrected chi connectivity index (χ0v) is 11.3. The molecule has 0 aliphatic heterocycles. The molecular weight excluding hydrogens is 264 g/mol. The third-order valence-corrected chi connectivity index (χ3v) is 4.02. The molecule has 1 nitrogen and oxygen atoms in total. The van der Waals surface area contributed by atoms with Crippen molar-refractivity contribution in [2.45, 2.75) is 31.1 Å². The van der Waals surface area contributed by atoms with Crippen LogP contribution in [0.2, 0.25) is 10.0 Å². The Hall–Kier alpha value is 0.0500. The lowest BCUT2D eigenvalue weighted by Crippen LogP contribution is -2.32. The lowest BCUT2D eigenvalue weighted by molar-refractivity contribution is 0.453. The molecule has 0 heterocycles. The van der Waals surface area contributed by atoms with Gasteiger partial charge in [0.05, 0.1) is 0 Å². The van der Waals surface area contributed by atoms with Crippen LogP contribution in [0.25, 0.3) is 0 Å². The summed E-state index contributed by atoms with van der Waals surface area (Å²) in [5.74, 6) is 0. The fraction of sp³-hybridized carbons (Fsp3) is 0.500. The molecule has 0 atom stereocenters. The molecule has 2 rings (SSSR count). The van der Waals surface area contributed by atoms with Crippen molar-refractivity contribution in [3.63, 3.8) is 0 Å². The first kappa shape index (κ1) is 14.1. The first-order chi connectivity index (χ1) is 7.18. The smallest absolute Gasteiger partial charge is 0.0445 e. The Morgan fingerprint density at radius 1 is 1.19 bits per heavy atom. The molecule has 1 aromatic rings. The second-order valence-electron chi connectivity index (χ2n) is 4.32. The van der Waals surface area contributed by atoms with Crippen LogP contribution in [0.4, 0.5) is 0 Å². The van der Waals surface area contributed by atoms with E-state index in [4.69, 9.17) is 28.9 Å². The highest BCUT2D eigenvalue weighted by molar-refractivity contribution is 6.33. The van der Waals surface area contributed by atoms with Crippen molar-refractivity contribution in [1.82, 2.24) is 0 Å². The second-order valence-corrected chi connectivity index (χ2v) is 5.16. The van der Waals surface area contributed by atoms with E-state index in [9.17, 15) is 0 Å². The maximum Gasteiger partial charge on any atom is 0.0445 e. The van der Waals surface area contributed by atoms with Gasteiger partial charge in [-0.25, -0.2) is 0 Å². The molecule has 0 saturated heterocycles. The lowest BCUT2D eigenvalue weighted by atomic mass is 9.79. The Morgan fingerprint density at radius 2 is 1.81 bits per heavy atom. The molecule has 1 aliphatic carbocycles. The maximum atomic E-state index is 6.23. The Kier molecular flexibility index (Phi) is 4.93. The predicted molar refractivity (Wildman–Crippen MR) is 72.9 cm³/mol. The summed E-state index contributed by atoms with van der Waals surface area (Å²) in [7, 11) is 0. The van der Waals surface area contributed by atoms with Gasteiger partial charge >= 0.3 is 0 Å². The van der Waals surface area contributed by atoms with Crippen LogP contribution < -0.4 is 5.73 Å². The minimum Gasteiger partial charge on any atom is -0.330 e. The van der Waals surface area contributed by atoms with Gasteiger partial charge in [0.2, 0.25) is 0 Å². The first-order valence-corrected chi connectivity index (χ1v) is 6.09. The van der Waals surface area contributed by atoms with Gasteiger partial charge in [0, 0.05) is 22.0 Å². The van der Waals surface area contributed by atoms with Gasteiger partial charge in [-0.1, -0.05) is 36.0 Å². The van der Waals surface area contributed by atoms with Crippen LogP contribution in [-0.4, -0.2) is 6.54 Å². The molecule has 0 amide bonds. The van der Waals surface area contributed by atoms with Crippen molar-refractivity contribution < 1.29 is 0 Å². The van der Waals surface area contributed by atoms with Gasteiger partial charge in [-0.05, 0) is 36.6 Å². The number of hydrogen-bond donors (Lipinski definition) is 1. The maximum absolute atomic E-state index is 6.23. The minimum absolute atomic E-state index is 0. The highest BCUT2D eigenvalue weighted by Gasteiger charge is 2.35. The van der Waals surface area contributed by atoms with Crippen LogP contribution in [0.3, 0.4) is 0 Å². The van der Waals surface area contributed by atoms with Gasteiger partial charge in [-0.3, -0.25) is 0 Å².